The zero-order valence-corrected chi connectivity index (χ0v) is 14.5. The monoisotopic (exact) mass is 346 g/mol. The predicted molar refractivity (Wildman–Crippen MR) is 95.1 cm³/mol. The molecule has 1 aliphatic carbocycles. The van der Waals surface area contributed by atoms with Gasteiger partial charge in [-0.3, -0.25) is 9.88 Å². The third kappa shape index (κ3) is 3.16. The molecule has 1 saturated carbocycles. The van der Waals surface area contributed by atoms with E-state index in [2.05, 4.69) is 16.0 Å². The van der Waals surface area contributed by atoms with Crippen molar-refractivity contribution in [3.05, 3.63) is 41.0 Å². The zero-order valence-electron chi connectivity index (χ0n) is 13.7. The van der Waals surface area contributed by atoms with E-state index >= 15 is 0 Å². The number of aliphatic hydroxyl groups is 1. The number of aromatic nitrogens is 1. The maximum absolute atomic E-state index is 10.3. The van der Waals surface area contributed by atoms with Gasteiger partial charge in [-0.25, -0.2) is 0 Å². The molecule has 1 aromatic heterocycles. The van der Waals surface area contributed by atoms with Gasteiger partial charge in [0.05, 0.1) is 24.8 Å². The molecule has 3 atom stereocenters. The van der Waals surface area contributed by atoms with E-state index in [1.165, 1.54) is 0 Å². The predicted octanol–water partition coefficient (Wildman–Crippen LogP) is 3.25. The summed E-state index contributed by atoms with van der Waals surface area (Å²) in [6.07, 6.45) is 4.74. The Kier molecular flexibility index (Phi) is 4.72. The Morgan fingerprint density at radius 2 is 2.25 bits per heavy atom. The third-order valence-corrected chi connectivity index (χ3v) is 5.65. The van der Waals surface area contributed by atoms with Gasteiger partial charge in [0.25, 0.3) is 0 Å². The van der Waals surface area contributed by atoms with E-state index in [9.17, 15) is 5.11 Å². The van der Waals surface area contributed by atoms with Crippen LogP contribution in [0.4, 0.5) is 0 Å². The summed E-state index contributed by atoms with van der Waals surface area (Å²) in [6.45, 7) is 3.12. The molecule has 4 nitrogen and oxygen atoms in total. The lowest BCUT2D eigenvalue weighted by molar-refractivity contribution is -0.0535. The lowest BCUT2D eigenvalue weighted by Crippen LogP contribution is -2.50. The number of pyridine rings is 1. The fraction of sp³-hybridized carbons (Fsp3) is 0.526. The number of morpholine rings is 1. The van der Waals surface area contributed by atoms with Crippen molar-refractivity contribution in [2.45, 2.75) is 38.0 Å². The van der Waals surface area contributed by atoms with E-state index in [1.54, 1.807) is 0 Å². The maximum Gasteiger partial charge on any atom is 0.0747 e. The highest BCUT2D eigenvalue weighted by molar-refractivity contribution is 6.31. The first kappa shape index (κ1) is 16.3. The van der Waals surface area contributed by atoms with E-state index < -0.39 is 0 Å². The van der Waals surface area contributed by atoms with Crippen molar-refractivity contribution in [3.8, 4) is 0 Å². The highest BCUT2D eigenvalue weighted by Crippen LogP contribution is 2.33. The molecule has 128 valence electrons. The second-order valence-corrected chi connectivity index (χ2v) is 7.35. The Morgan fingerprint density at radius 3 is 3.08 bits per heavy atom. The van der Waals surface area contributed by atoms with Gasteiger partial charge in [0.2, 0.25) is 0 Å². The molecule has 0 bridgehead atoms. The number of fused-ring (bicyclic) bond motifs is 1. The number of benzene rings is 1. The fourth-order valence-corrected chi connectivity index (χ4v) is 4.48. The molecule has 24 heavy (non-hydrogen) atoms. The summed E-state index contributed by atoms with van der Waals surface area (Å²) < 4.78 is 5.73. The summed E-state index contributed by atoms with van der Waals surface area (Å²) in [4.78, 5) is 7.01. The summed E-state index contributed by atoms with van der Waals surface area (Å²) >= 11 is 6.32. The van der Waals surface area contributed by atoms with Crippen LogP contribution < -0.4 is 0 Å². The molecule has 2 heterocycles. The van der Waals surface area contributed by atoms with Crippen molar-refractivity contribution in [3.63, 3.8) is 0 Å². The SMILES string of the molecule is OC1CCCC1C1COCCN1Cc1cc(Cl)cc2cccnc12. The van der Waals surface area contributed by atoms with Gasteiger partial charge in [0, 0.05) is 41.7 Å². The lowest BCUT2D eigenvalue weighted by atomic mass is 9.93. The van der Waals surface area contributed by atoms with Gasteiger partial charge in [-0.1, -0.05) is 24.1 Å². The normalized spacial score (nSPS) is 28.5. The Balaban J connectivity index is 1.63. The van der Waals surface area contributed by atoms with Crippen molar-refractivity contribution in [1.29, 1.82) is 0 Å². The van der Waals surface area contributed by atoms with E-state index in [0.29, 0.717) is 12.5 Å². The van der Waals surface area contributed by atoms with Crippen LogP contribution in [-0.2, 0) is 11.3 Å². The van der Waals surface area contributed by atoms with Gasteiger partial charge in [0.1, 0.15) is 0 Å². The zero-order chi connectivity index (χ0) is 16.5. The average Bonchev–Trinajstić information content (AvgIpc) is 3.01. The molecule has 0 radical (unpaired) electrons. The van der Waals surface area contributed by atoms with E-state index in [4.69, 9.17) is 16.3 Å². The molecule has 1 aromatic carbocycles. The molecule has 0 spiro atoms. The minimum Gasteiger partial charge on any atom is -0.393 e. The van der Waals surface area contributed by atoms with Crippen LogP contribution in [-0.4, -0.2) is 46.9 Å². The first-order valence-electron chi connectivity index (χ1n) is 8.75. The van der Waals surface area contributed by atoms with E-state index in [0.717, 1.165) is 60.4 Å². The third-order valence-electron chi connectivity index (χ3n) is 5.43. The first-order valence-corrected chi connectivity index (χ1v) is 9.13. The minimum atomic E-state index is -0.201. The van der Waals surface area contributed by atoms with Crippen LogP contribution in [0.2, 0.25) is 5.02 Å². The van der Waals surface area contributed by atoms with Gasteiger partial charge in [0.15, 0.2) is 0 Å². The molecule has 5 heteroatoms. The van der Waals surface area contributed by atoms with Crippen LogP contribution in [0, 0.1) is 5.92 Å². The van der Waals surface area contributed by atoms with Crippen molar-refractivity contribution < 1.29 is 9.84 Å². The van der Waals surface area contributed by atoms with Crippen LogP contribution in [0.15, 0.2) is 30.5 Å². The highest BCUT2D eigenvalue weighted by Gasteiger charge is 2.37. The minimum absolute atomic E-state index is 0.201. The molecular weight excluding hydrogens is 324 g/mol. The van der Waals surface area contributed by atoms with Crippen LogP contribution in [0.3, 0.4) is 0 Å². The Labute approximate surface area is 147 Å². The van der Waals surface area contributed by atoms with Crippen LogP contribution in [0.25, 0.3) is 10.9 Å². The van der Waals surface area contributed by atoms with Crippen molar-refractivity contribution >= 4 is 22.5 Å². The number of nitrogens with zero attached hydrogens (tertiary/aromatic N) is 2. The second kappa shape index (κ2) is 6.96. The smallest absolute Gasteiger partial charge is 0.0747 e. The number of hydrogen-bond acceptors (Lipinski definition) is 4. The summed E-state index contributed by atoms with van der Waals surface area (Å²) in [7, 11) is 0. The molecule has 4 rings (SSSR count). The molecule has 1 saturated heterocycles. The molecule has 2 fully saturated rings. The molecule has 1 N–H and O–H groups in total. The maximum atomic E-state index is 10.3. The lowest BCUT2D eigenvalue weighted by Gasteiger charge is -2.40. The van der Waals surface area contributed by atoms with Crippen molar-refractivity contribution in [1.82, 2.24) is 9.88 Å². The average molecular weight is 347 g/mol. The van der Waals surface area contributed by atoms with Crippen molar-refractivity contribution in [2.24, 2.45) is 5.92 Å². The van der Waals surface area contributed by atoms with E-state index in [1.807, 2.05) is 24.4 Å². The van der Waals surface area contributed by atoms with Gasteiger partial charge >= 0.3 is 0 Å². The summed E-state index contributed by atoms with van der Waals surface area (Å²) in [6, 6.07) is 8.25. The molecule has 2 aliphatic rings. The Bertz CT molecular complexity index is 724. The standard InChI is InChI=1S/C19H23ClN2O2/c20-15-9-13-3-2-6-21-19(13)14(10-15)11-22-7-8-24-12-17(22)16-4-1-5-18(16)23/h2-3,6,9-10,16-18,23H,1,4-5,7-8,11-12H2. The van der Waals surface area contributed by atoms with Crippen LogP contribution in [0.1, 0.15) is 24.8 Å². The van der Waals surface area contributed by atoms with Crippen LogP contribution in [0.5, 0.6) is 0 Å². The molecule has 3 unspecified atom stereocenters. The molecule has 0 amide bonds. The number of halogens is 1. The molecule has 2 aromatic rings. The highest BCUT2D eigenvalue weighted by atomic mass is 35.5. The van der Waals surface area contributed by atoms with Gasteiger partial charge < -0.3 is 9.84 Å². The first-order chi connectivity index (χ1) is 11.7. The number of ether oxygens (including phenoxy) is 1. The molecule has 1 aliphatic heterocycles. The fourth-order valence-electron chi connectivity index (χ4n) is 4.23. The number of rotatable bonds is 3. The number of aliphatic hydroxyl groups excluding tert-OH is 1. The van der Waals surface area contributed by atoms with E-state index in [-0.39, 0.29) is 12.1 Å². The van der Waals surface area contributed by atoms with Gasteiger partial charge in [-0.15, -0.1) is 0 Å². The second-order valence-electron chi connectivity index (χ2n) is 6.91. The van der Waals surface area contributed by atoms with Gasteiger partial charge in [-0.05, 0) is 36.6 Å². The summed E-state index contributed by atoms with van der Waals surface area (Å²) in [5.74, 6) is 0.309. The Hall–Kier alpha value is -1.20. The Morgan fingerprint density at radius 1 is 1.33 bits per heavy atom. The van der Waals surface area contributed by atoms with Crippen LogP contribution >= 0.6 is 11.6 Å². The van der Waals surface area contributed by atoms with Gasteiger partial charge in [-0.2, -0.15) is 0 Å². The topological polar surface area (TPSA) is 45.6 Å². The molecular formula is C19H23ClN2O2. The summed E-state index contributed by atoms with van der Waals surface area (Å²) in [5, 5.41) is 12.1. The van der Waals surface area contributed by atoms with Crippen molar-refractivity contribution in [2.75, 3.05) is 19.8 Å². The quantitative estimate of drug-likeness (QED) is 0.926. The number of hydrogen-bond donors (Lipinski definition) is 1. The largest absolute Gasteiger partial charge is 0.393 e. The summed E-state index contributed by atoms with van der Waals surface area (Å²) in [5.41, 5.74) is 2.16.